The van der Waals surface area contributed by atoms with Crippen molar-refractivity contribution in [2.75, 3.05) is 50.9 Å². The summed E-state index contributed by atoms with van der Waals surface area (Å²) in [6.45, 7) is 0.991. The second-order valence-corrected chi connectivity index (χ2v) is 8.17. The number of primary amides is 1. The second-order valence-electron chi connectivity index (χ2n) is 8.17. The van der Waals surface area contributed by atoms with Crippen LogP contribution in [-0.2, 0) is 12.8 Å². The highest BCUT2D eigenvalue weighted by molar-refractivity contribution is 6.00. The Bertz CT molecular complexity index is 1020. The van der Waals surface area contributed by atoms with Crippen LogP contribution in [0.25, 0.3) is 0 Å². The molecule has 0 aromatic heterocycles. The molecule has 35 heavy (non-hydrogen) atoms. The quantitative estimate of drug-likeness (QED) is 0.290. The second kappa shape index (κ2) is 12.1. The van der Waals surface area contributed by atoms with Crippen molar-refractivity contribution >= 4 is 11.6 Å². The van der Waals surface area contributed by atoms with E-state index < -0.39 is 24.5 Å². The van der Waals surface area contributed by atoms with Gasteiger partial charge in [-0.1, -0.05) is 6.07 Å². The normalized spacial score (nSPS) is 13.1. The highest BCUT2D eigenvalue weighted by Crippen LogP contribution is 2.33. The summed E-state index contributed by atoms with van der Waals surface area (Å²) >= 11 is 0. The van der Waals surface area contributed by atoms with E-state index in [0.717, 1.165) is 48.0 Å². The maximum atomic E-state index is 13.5. The first kappa shape index (κ1) is 26.6. The highest BCUT2D eigenvalue weighted by Gasteiger charge is 2.29. The first-order chi connectivity index (χ1) is 16.7. The molecule has 1 aliphatic heterocycles. The van der Waals surface area contributed by atoms with Gasteiger partial charge in [-0.15, -0.1) is 0 Å². The van der Waals surface area contributed by atoms with Crippen molar-refractivity contribution in [1.82, 2.24) is 5.32 Å². The van der Waals surface area contributed by atoms with Gasteiger partial charge in [0.1, 0.15) is 12.4 Å². The Morgan fingerprint density at radius 3 is 2.66 bits per heavy atom. The number of aliphatic hydroxyl groups is 1. The Hall–Kier alpha value is -3.05. The molecule has 0 saturated carbocycles. The zero-order valence-corrected chi connectivity index (χ0v) is 19.2. The molecule has 1 amide bonds. The van der Waals surface area contributed by atoms with Crippen LogP contribution in [0.3, 0.4) is 0 Å². The summed E-state index contributed by atoms with van der Waals surface area (Å²) in [5.41, 5.74) is 8.92. The summed E-state index contributed by atoms with van der Waals surface area (Å²) in [5, 5.41) is 12.3. The number of aliphatic hydroxyl groups excluding tert-OH is 1. The van der Waals surface area contributed by atoms with E-state index in [2.05, 4.69) is 16.3 Å². The maximum Gasteiger partial charge on any atom is 0.422 e. The smallest absolute Gasteiger partial charge is 0.422 e. The van der Waals surface area contributed by atoms with Crippen molar-refractivity contribution in [3.63, 3.8) is 0 Å². The number of alkyl halides is 3. The Morgan fingerprint density at radius 1 is 1.14 bits per heavy atom. The number of carbonyl (C=O) groups is 1. The fraction of sp³-hybridized carbons (Fsp3) is 0.458. The first-order valence-corrected chi connectivity index (χ1v) is 11.3. The third kappa shape index (κ3) is 7.72. The minimum Gasteiger partial charge on any atom is -0.488 e. The molecule has 1 aliphatic rings. The van der Waals surface area contributed by atoms with Crippen molar-refractivity contribution in [2.45, 2.75) is 25.4 Å². The van der Waals surface area contributed by atoms with Gasteiger partial charge in [-0.25, -0.2) is 4.39 Å². The van der Waals surface area contributed by atoms with Gasteiger partial charge < -0.3 is 30.5 Å². The van der Waals surface area contributed by atoms with Crippen LogP contribution in [0.4, 0.5) is 23.2 Å². The Kier molecular flexibility index (Phi) is 9.16. The van der Waals surface area contributed by atoms with Crippen LogP contribution in [0.5, 0.6) is 11.5 Å². The monoisotopic (exact) mass is 499 g/mol. The van der Waals surface area contributed by atoms with Crippen LogP contribution in [0.1, 0.15) is 27.9 Å². The molecular formula is C24H29F4N3O4. The van der Waals surface area contributed by atoms with Gasteiger partial charge in [-0.05, 0) is 55.1 Å². The van der Waals surface area contributed by atoms with Gasteiger partial charge in [0.25, 0.3) is 5.91 Å². The van der Waals surface area contributed by atoms with E-state index in [1.807, 2.05) is 0 Å². The van der Waals surface area contributed by atoms with Crippen LogP contribution in [-0.4, -0.2) is 63.2 Å². The van der Waals surface area contributed by atoms with Crippen molar-refractivity contribution in [3.05, 3.63) is 52.8 Å². The zero-order valence-electron chi connectivity index (χ0n) is 19.2. The van der Waals surface area contributed by atoms with Crippen LogP contribution in [0, 0.1) is 5.82 Å². The van der Waals surface area contributed by atoms with Crippen molar-refractivity contribution in [2.24, 2.45) is 5.73 Å². The topological polar surface area (TPSA) is 97.1 Å². The molecule has 1 heterocycles. The van der Waals surface area contributed by atoms with E-state index in [1.54, 1.807) is 6.07 Å². The van der Waals surface area contributed by atoms with Crippen molar-refractivity contribution < 1.29 is 36.9 Å². The standard InChI is InChI=1S/C24H29F4N3O4/c25-18-2-3-20(35-15-24(26,27)28)21(14-18)34-11-7-30-6-4-16-12-17-5-9-31(8-1-10-32)22(17)19(13-16)23(29)33/h2-3,12-14,30,32H,1,4-11,15H2,(H2,29,33). The largest absolute Gasteiger partial charge is 0.488 e. The molecule has 7 nitrogen and oxygen atoms in total. The number of hydrogen-bond donors (Lipinski definition) is 3. The molecule has 0 aliphatic carbocycles. The van der Waals surface area contributed by atoms with E-state index in [9.17, 15) is 22.4 Å². The maximum absolute atomic E-state index is 13.5. The number of halogens is 4. The van der Waals surface area contributed by atoms with Crippen molar-refractivity contribution in [3.8, 4) is 11.5 Å². The van der Waals surface area contributed by atoms with Gasteiger partial charge in [-0.3, -0.25) is 4.79 Å². The molecule has 0 saturated heterocycles. The molecule has 2 aromatic carbocycles. The third-order valence-electron chi connectivity index (χ3n) is 5.49. The number of hydrogen-bond acceptors (Lipinski definition) is 6. The highest BCUT2D eigenvalue weighted by atomic mass is 19.4. The number of rotatable bonds is 13. The molecule has 3 rings (SSSR count). The number of nitrogens with zero attached hydrogens (tertiary/aromatic N) is 1. The van der Waals surface area contributed by atoms with Crippen LogP contribution < -0.4 is 25.4 Å². The number of carbonyl (C=O) groups excluding carboxylic acids is 1. The number of anilines is 1. The van der Waals surface area contributed by atoms with E-state index in [4.69, 9.17) is 20.3 Å². The van der Waals surface area contributed by atoms with Gasteiger partial charge >= 0.3 is 6.18 Å². The summed E-state index contributed by atoms with van der Waals surface area (Å²) in [6, 6.07) is 6.91. The van der Waals surface area contributed by atoms with E-state index >= 15 is 0 Å². The van der Waals surface area contributed by atoms with Crippen LogP contribution >= 0.6 is 0 Å². The molecule has 0 fully saturated rings. The molecule has 11 heteroatoms. The lowest BCUT2D eigenvalue weighted by Gasteiger charge is -2.21. The summed E-state index contributed by atoms with van der Waals surface area (Å²) < 4.78 is 60.8. The van der Waals surface area contributed by atoms with Gasteiger partial charge in [0.15, 0.2) is 18.1 Å². The summed E-state index contributed by atoms with van der Waals surface area (Å²) in [7, 11) is 0. The lowest BCUT2D eigenvalue weighted by atomic mass is 10.00. The van der Waals surface area contributed by atoms with E-state index in [0.29, 0.717) is 38.0 Å². The fourth-order valence-corrected chi connectivity index (χ4v) is 3.97. The molecule has 0 radical (unpaired) electrons. The lowest BCUT2D eigenvalue weighted by molar-refractivity contribution is -0.153. The number of benzene rings is 2. The zero-order chi connectivity index (χ0) is 25.4. The Morgan fingerprint density at radius 2 is 1.94 bits per heavy atom. The predicted octanol–water partition coefficient (Wildman–Crippen LogP) is 2.82. The van der Waals surface area contributed by atoms with E-state index in [-0.39, 0.29) is 24.7 Å². The molecule has 2 aromatic rings. The SMILES string of the molecule is NC(=O)c1cc(CCNCCOc2cc(F)ccc2OCC(F)(F)F)cc2c1N(CCCO)CC2. The molecule has 192 valence electrons. The number of nitrogens with two attached hydrogens (primary N) is 1. The van der Waals surface area contributed by atoms with E-state index in [1.165, 1.54) is 0 Å². The van der Waals surface area contributed by atoms with Crippen LogP contribution in [0.15, 0.2) is 30.3 Å². The minimum absolute atomic E-state index is 0.0757. The number of ether oxygens (including phenoxy) is 2. The Labute approximate surface area is 200 Å². The minimum atomic E-state index is -4.52. The predicted molar refractivity (Wildman–Crippen MR) is 123 cm³/mol. The third-order valence-corrected chi connectivity index (χ3v) is 5.49. The van der Waals surface area contributed by atoms with Gasteiger partial charge in [-0.2, -0.15) is 13.2 Å². The summed E-state index contributed by atoms with van der Waals surface area (Å²) in [6.07, 6.45) is -2.50. The summed E-state index contributed by atoms with van der Waals surface area (Å²) in [4.78, 5) is 14.1. The molecule has 0 bridgehead atoms. The number of amides is 1. The Balaban J connectivity index is 1.50. The first-order valence-electron chi connectivity index (χ1n) is 11.3. The van der Waals surface area contributed by atoms with Crippen LogP contribution in [0.2, 0.25) is 0 Å². The molecule has 0 spiro atoms. The molecular weight excluding hydrogens is 470 g/mol. The van der Waals surface area contributed by atoms with Gasteiger partial charge in [0, 0.05) is 32.3 Å². The fourth-order valence-electron chi connectivity index (χ4n) is 3.97. The van der Waals surface area contributed by atoms with Crippen molar-refractivity contribution in [1.29, 1.82) is 0 Å². The molecule has 0 unspecified atom stereocenters. The number of nitrogens with one attached hydrogen (secondary N) is 1. The lowest BCUT2D eigenvalue weighted by Crippen LogP contribution is -2.26. The molecule has 0 atom stereocenters. The molecule has 4 N–H and O–H groups in total. The number of fused-ring (bicyclic) bond motifs is 1. The van der Waals surface area contributed by atoms with Gasteiger partial charge in [0.2, 0.25) is 0 Å². The summed E-state index contributed by atoms with van der Waals surface area (Å²) in [5.74, 6) is -1.44. The average Bonchev–Trinajstić information content (AvgIpc) is 3.20. The van der Waals surface area contributed by atoms with Gasteiger partial charge in [0.05, 0.1) is 11.3 Å². The average molecular weight is 500 g/mol.